The molecule has 1 fully saturated rings. The van der Waals surface area contributed by atoms with Crippen LogP contribution in [0.25, 0.3) is 11.4 Å². The number of carbonyl (C=O) groups is 1. The van der Waals surface area contributed by atoms with Crippen LogP contribution in [0.4, 0.5) is 0 Å². The number of piperazine rings is 1. The van der Waals surface area contributed by atoms with Crippen molar-refractivity contribution < 1.29 is 14.1 Å². The minimum Gasteiger partial charge on any atom is -0.481 e. The normalized spacial score (nSPS) is 15.0. The monoisotopic (exact) mass is 459 g/mol. The van der Waals surface area contributed by atoms with Crippen LogP contribution >= 0.6 is 0 Å². The molecule has 0 saturated carbocycles. The number of hydrogen-bond acceptors (Lipinski definition) is 7. The summed E-state index contributed by atoms with van der Waals surface area (Å²) in [6.07, 6.45) is 1.05. The summed E-state index contributed by atoms with van der Waals surface area (Å²) in [6, 6.07) is 17.0. The third-order valence-electron chi connectivity index (χ3n) is 5.95. The van der Waals surface area contributed by atoms with Crippen LogP contribution in [0.15, 0.2) is 53.1 Å². The smallest absolute Gasteiger partial charge is 0.263 e. The maximum Gasteiger partial charge on any atom is 0.263 e. The molecule has 8 nitrogen and oxygen atoms in total. The molecule has 1 aromatic heterocycles. The Morgan fingerprint density at radius 3 is 2.68 bits per heavy atom. The highest BCUT2D eigenvalue weighted by Gasteiger charge is 2.26. The summed E-state index contributed by atoms with van der Waals surface area (Å²) in [6.45, 7) is 7.69. The van der Waals surface area contributed by atoms with Gasteiger partial charge in [0.15, 0.2) is 6.10 Å². The predicted octanol–water partition coefficient (Wildman–Crippen LogP) is 3.46. The van der Waals surface area contributed by atoms with Gasteiger partial charge in [0, 0.05) is 38.2 Å². The molecule has 1 aliphatic rings. The van der Waals surface area contributed by atoms with E-state index in [1.807, 2.05) is 36.1 Å². The summed E-state index contributed by atoms with van der Waals surface area (Å²) in [4.78, 5) is 21.5. The first-order chi connectivity index (χ1) is 16.5. The lowest BCUT2D eigenvalue weighted by Crippen LogP contribution is -2.52. The fourth-order valence-corrected chi connectivity index (χ4v) is 3.97. The molecular weight excluding hydrogens is 430 g/mol. The van der Waals surface area contributed by atoms with Crippen molar-refractivity contribution in [1.29, 1.82) is 5.26 Å². The molecule has 3 aromatic rings. The Bertz CT molecular complexity index is 1140. The standard InChI is InChI=1S/C26H29N5O3/c1-19-8-10-22(11-9-19)25-28-24(34-29-25)7-4-12-30-13-15-31(16-14-30)26(32)20(2)33-23-6-3-5-21(17-23)18-27/h3,5-6,8-11,17,20H,4,7,12-16H2,1-2H3. The number of benzene rings is 2. The van der Waals surface area contributed by atoms with Gasteiger partial charge in [0.05, 0.1) is 11.6 Å². The predicted molar refractivity (Wildman–Crippen MR) is 127 cm³/mol. The van der Waals surface area contributed by atoms with Gasteiger partial charge in [-0.1, -0.05) is 41.1 Å². The third-order valence-corrected chi connectivity index (χ3v) is 5.95. The molecule has 8 heteroatoms. The molecule has 0 spiro atoms. The van der Waals surface area contributed by atoms with E-state index >= 15 is 0 Å². The molecule has 2 heterocycles. The molecule has 1 amide bonds. The Hall–Kier alpha value is -3.70. The average Bonchev–Trinajstić information content (AvgIpc) is 3.33. The number of amides is 1. The van der Waals surface area contributed by atoms with E-state index in [0.717, 1.165) is 38.0 Å². The van der Waals surface area contributed by atoms with Gasteiger partial charge in [-0.05, 0) is 45.0 Å². The summed E-state index contributed by atoms with van der Waals surface area (Å²) in [5.74, 6) is 1.77. The van der Waals surface area contributed by atoms with Gasteiger partial charge in [-0.2, -0.15) is 10.2 Å². The largest absolute Gasteiger partial charge is 0.481 e. The van der Waals surface area contributed by atoms with E-state index in [2.05, 4.69) is 21.1 Å². The fourth-order valence-electron chi connectivity index (χ4n) is 3.97. The van der Waals surface area contributed by atoms with Crippen molar-refractivity contribution in [3.05, 3.63) is 65.5 Å². The van der Waals surface area contributed by atoms with Crippen molar-refractivity contribution in [3.8, 4) is 23.2 Å². The Morgan fingerprint density at radius 2 is 1.94 bits per heavy atom. The van der Waals surface area contributed by atoms with Crippen LogP contribution < -0.4 is 4.74 Å². The van der Waals surface area contributed by atoms with Gasteiger partial charge in [-0.3, -0.25) is 9.69 Å². The fraction of sp³-hybridized carbons (Fsp3) is 0.385. The van der Waals surface area contributed by atoms with E-state index in [9.17, 15) is 4.79 Å². The Morgan fingerprint density at radius 1 is 1.18 bits per heavy atom. The lowest BCUT2D eigenvalue weighted by molar-refractivity contribution is -0.139. The van der Waals surface area contributed by atoms with E-state index in [-0.39, 0.29) is 5.91 Å². The van der Waals surface area contributed by atoms with Crippen LogP contribution in [-0.4, -0.2) is 64.7 Å². The van der Waals surface area contributed by atoms with Gasteiger partial charge in [0.1, 0.15) is 5.75 Å². The number of carbonyl (C=O) groups excluding carboxylic acids is 1. The van der Waals surface area contributed by atoms with Crippen LogP contribution in [0.2, 0.25) is 0 Å². The van der Waals surface area contributed by atoms with Gasteiger partial charge in [-0.25, -0.2) is 0 Å². The summed E-state index contributed by atoms with van der Waals surface area (Å²) < 4.78 is 11.2. The molecule has 0 aliphatic carbocycles. The van der Waals surface area contributed by atoms with Crippen LogP contribution in [-0.2, 0) is 11.2 Å². The van der Waals surface area contributed by atoms with E-state index < -0.39 is 6.10 Å². The summed E-state index contributed by atoms with van der Waals surface area (Å²) in [5, 5.41) is 13.1. The molecule has 34 heavy (non-hydrogen) atoms. The van der Waals surface area contributed by atoms with Gasteiger partial charge in [0.2, 0.25) is 11.7 Å². The van der Waals surface area contributed by atoms with Crippen molar-refractivity contribution in [2.24, 2.45) is 0 Å². The molecule has 0 N–H and O–H groups in total. The first kappa shape index (κ1) is 23.5. The van der Waals surface area contributed by atoms with Gasteiger partial charge in [0.25, 0.3) is 5.91 Å². The lowest BCUT2D eigenvalue weighted by Gasteiger charge is -2.35. The van der Waals surface area contributed by atoms with Crippen molar-refractivity contribution in [3.63, 3.8) is 0 Å². The zero-order valence-electron chi connectivity index (χ0n) is 19.6. The van der Waals surface area contributed by atoms with Crippen LogP contribution in [0.1, 0.15) is 30.4 Å². The van der Waals surface area contributed by atoms with Gasteiger partial charge in [-0.15, -0.1) is 0 Å². The van der Waals surface area contributed by atoms with Crippen molar-refractivity contribution in [1.82, 2.24) is 19.9 Å². The zero-order chi connectivity index (χ0) is 23.9. The van der Waals surface area contributed by atoms with E-state index in [4.69, 9.17) is 14.5 Å². The number of aryl methyl sites for hydroxylation is 2. The van der Waals surface area contributed by atoms with Gasteiger partial charge >= 0.3 is 0 Å². The van der Waals surface area contributed by atoms with Crippen molar-refractivity contribution >= 4 is 5.91 Å². The van der Waals surface area contributed by atoms with Crippen molar-refractivity contribution in [2.45, 2.75) is 32.8 Å². The number of rotatable bonds is 8. The highest BCUT2D eigenvalue weighted by molar-refractivity contribution is 5.81. The molecular formula is C26H29N5O3. The van der Waals surface area contributed by atoms with Gasteiger partial charge < -0.3 is 14.2 Å². The second kappa shape index (κ2) is 10.9. The number of nitrogens with zero attached hydrogens (tertiary/aromatic N) is 5. The molecule has 1 atom stereocenters. The van der Waals surface area contributed by atoms with E-state index in [0.29, 0.717) is 36.1 Å². The number of hydrogen-bond donors (Lipinski definition) is 0. The van der Waals surface area contributed by atoms with E-state index in [1.165, 1.54) is 5.56 Å². The number of aromatic nitrogens is 2. The second-order valence-corrected chi connectivity index (χ2v) is 8.55. The molecule has 176 valence electrons. The highest BCUT2D eigenvalue weighted by atomic mass is 16.5. The highest BCUT2D eigenvalue weighted by Crippen LogP contribution is 2.18. The van der Waals surface area contributed by atoms with E-state index in [1.54, 1.807) is 31.2 Å². The minimum atomic E-state index is -0.597. The molecule has 0 radical (unpaired) electrons. The number of ether oxygens (including phenoxy) is 1. The summed E-state index contributed by atoms with van der Waals surface area (Å²) >= 11 is 0. The molecule has 0 bridgehead atoms. The Kier molecular flexibility index (Phi) is 7.55. The summed E-state index contributed by atoms with van der Waals surface area (Å²) in [7, 11) is 0. The Balaban J connectivity index is 1.19. The van der Waals surface area contributed by atoms with Crippen molar-refractivity contribution in [2.75, 3.05) is 32.7 Å². The van der Waals surface area contributed by atoms with Crippen LogP contribution in [0.3, 0.4) is 0 Å². The average molecular weight is 460 g/mol. The van der Waals surface area contributed by atoms with Crippen LogP contribution in [0.5, 0.6) is 5.75 Å². The topological polar surface area (TPSA) is 95.5 Å². The molecule has 1 unspecified atom stereocenters. The number of nitriles is 1. The third kappa shape index (κ3) is 6.00. The van der Waals surface area contributed by atoms with Crippen LogP contribution in [0, 0.1) is 18.3 Å². The quantitative estimate of drug-likeness (QED) is 0.509. The SMILES string of the molecule is Cc1ccc(-c2noc(CCCN3CCN(C(=O)C(C)Oc4cccc(C#N)c4)CC3)n2)cc1. The zero-order valence-corrected chi connectivity index (χ0v) is 19.6. The first-order valence-corrected chi connectivity index (χ1v) is 11.6. The molecule has 2 aromatic carbocycles. The second-order valence-electron chi connectivity index (χ2n) is 8.55. The molecule has 1 aliphatic heterocycles. The first-order valence-electron chi connectivity index (χ1n) is 11.6. The summed E-state index contributed by atoms with van der Waals surface area (Å²) in [5.41, 5.74) is 2.66. The maximum absolute atomic E-state index is 12.8. The lowest BCUT2D eigenvalue weighted by atomic mass is 10.1. The maximum atomic E-state index is 12.8. The minimum absolute atomic E-state index is 0.0310. The molecule has 1 saturated heterocycles. The molecule has 4 rings (SSSR count). The Labute approximate surface area is 199 Å².